The molecule has 10 heteroatoms. The Labute approximate surface area is 163 Å². The second kappa shape index (κ2) is 9.18. The Morgan fingerprint density at radius 1 is 1.21 bits per heavy atom. The van der Waals surface area contributed by atoms with Crippen LogP contribution in [-0.2, 0) is 14.8 Å². The van der Waals surface area contributed by atoms with Gasteiger partial charge in [-0.15, -0.1) is 0 Å². The van der Waals surface area contributed by atoms with E-state index in [1.807, 2.05) is 0 Å². The number of carbonyl (C=O) groups is 1. The summed E-state index contributed by atoms with van der Waals surface area (Å²) in [6.07, 6.45) is 4.19. The Morgan fingerprint density at radius 2 is 2.00 bits per heavy atom. The van der Waals surface area contributed by atoms with Crippen LogP contribution in [0.1, 0.15) is 29.8 Å². The van der Waals surface area contributed by atoms with Crippen LogP contribution in [0.15, 0.2) is 40.0 Å². The number of amides is 1. The average Bonchev–Trinajstić information content (AvgIpc) is 3.21. The zero-order chi connectivity index (χ0) is 20.0. The quantitative estimate of drug-likeness (QED) is 0.665. The number of sulfonamides is 1. The van der Waals surface area contributed by atoms with Crippen molar-refractivity contribution >= 4 is 21.6 Å². The molecule has 0 aliphatic carbocycles. The van der Waals surface area contributed by atoms with Crippen molar-refractivity contribution in [2.24, 2.45) is 0 Å². The highest BCUT2D eigenvalue weighted by Crippen LogP contribution is 2.25. The van der Waals surface area contributed by atoms with E-state index in [1.54, 1.807) is 19.2 Å². The molecule has 1 amide bonds. The molecular formula is C18H23N3O6S. The van der Waals surface area contributed by atoms with Gasteiger partial charge in [-0.3, -0.25) is 4.79 Å². The summed E-state index contributed by atoms with van der Waals surface area (Å²) in [6, 6.07) is 5.92. The highest BCUT2D eigenvalue weighted by atomic mass is 32.2. The van der Waals surface area contributed by atoms with Crippen LogP contribution in [0.25, 0.3) is 0 Å². The highest BCUT2D eigenvalue weighted by molar-refractivity contribution is 7.89. The molecule has 9 nitrogen and oxygen atoms in total. The van der Waals surface area contributed by atoms with E-state index in [1.165, 1.54) is 22.6 Å². The van der Waals surface area contributed by atoms with Crippen LogP contribution in [0.3, 0.4) is 0 Å². The second-order valence-corrected chi connectivity index (χ2v) is 8.10. The lowest BCUT2D eigenvalue weighted by Gasteiger charge is -2.24. The topological polar surface area (TPSA) is 111 Å². The minimum atomic E-state index is -3.73. The van der Waals surface area contributed by atoms with Gasteiger partial charge in [-0.2, -0.15) is 4.31 Å². The van der Waals surface area contributed by atoms with Gasteiger partial charge < -0.3 is 19.2 Å². The maximum atomic E-state index is 12.6. The van der Waals surface area contributed by atoms with Gasteiger partial charge in [0.1, 0.15) is 12.3 Å². The number of ether oxygens (including phenoxy) is 2. The lowest BCUT2D eigenvalue weighted by molar-refractivity contribution is 0.0990. The first-order chi connectivity index (χ1) is 13.5. The number of pyridine rings is 1. The molecule has 0 atom stereocenters. The third kappa shape index (κ3) is 4.70. The van der Waals surface area contributed by atoms with Gasteiger partial charge in [0.25, 0.3) is 15.9 Å². The maximum Gasteiger partial charge on any atom is 0.291 e. The third-order valence-corrected chi connectivity index (χ3v) is 6.03. The molecule has 1 aliphatic rings. The number of piperidine rings is 1. The van der Waals surface area contributed by atoms with E-state index in [2.05, 4.69) is 10.3 Å². The smallest absolute Gasteiger partial charge is 0.291 e. The van der Waals surface area contributed by atoms with Crippen molar-refractivity contribution in [2.45, 2.75) is 24.4 Å². The van der Waals surface area contributed by atoms with E-state index in [0.717, 1.165) is 19.3 Å². The molecule has 28 heavy (non-hydrogen) atoms. The van der Waals surface area contributed by atoms with Gasteiger partial charge in [0.2, 0.25) is 11.0 Å². The molecule has 0 unspecified atom stereocenters. The summed E-state index contributed by atoms with van der Waals surface area (Å²) in [6.45, 7) is 1.57. The van der Waals surface area contributed by atoms with Crippen LogP contribution in [0.5, 0.6) is 5.88 Å². The Morgan fingerprint density at radius 3 is 2.75 bits per heavy atom. The molecule has 2 aromatic rings. The van der Waals surface area contributed by atoms with Gasteiger partial charge in [-0.05, 0) is 37.1 Å². The SMILES string of the molecule is COCCOc1ncccc1NC(=O)c1ccc(S(=O)(=O)N2CCCCC2)o1. The number of hydrogen-bond donors (Lipinski definition) is 1. The van der Waals surface area contributed by atoms with Crippen LogP contribution in [0, 0.1) is 0 Å². The summed E-state index contributed by atoms with van der Waals surface area (Å²) >= 11 is 0. The molecule has 3 heterocycles. The summed E-state index contributed by atoms with van der Waals surface area (Å²) in [7, 11) is -2.18. The van der Waals surface area contributed by atoms with Crippen molar-refractivity contribution in [1.29, 1.82) is 0 Å². The van der Waals surface area contributed by atoms with Crippen molar-refractivity contribution in [2.75, 3.05) is 38.7 Å². The summed E-state index contributed by atoms with van der Waals surface area (Å²) in [5.74, 6) is -0.465. The molecule has 0 spiro atoms. The Kier molecular flexibility index (Phi) is 6.65. The number of hydrogen-bond acceptors (Lipinski definition) is 7. The molecule has 0 aromatic carbocycles. The highest BCUT2D eigenvalue weighted by Gasteiger charge is 2.29. The van der Waals surface area contributed by atoms with E-state index < -0.39 is 15.9 Å². The number of carbonyl (C=O) groups excluding carboxylic acids is 1. The Balaban J connectivity index is 1.71. The normalized spacial score (nSPS) is 15.3. The van der Waals surface area contributed by atoms with Crippen molar-refractivity contribution in [3.63, 3.8) is 0 Å². The van der Waals surface area contributed by atoms with Crippen molar-refractivity contribution < 1.29 is 27.1 Å². The minimum Gasteiger partial charge on any atom is -0.474 e. The molecule has 0 saturated carbocycles. The molecule has 1 N–H and O–H groups in total. The average molecular weight is 409 g/mol. The first-order valence-electron chi connectivity index (χ1n) is 9.00. The van der Waals surface area contributed by atoms with Gasteiger partial charge in [0, 0.05) is 26.4 Å². The van der Waals surface area contributed by atoms with Crippen molar-refractivity contribution in [3.8, 4) is 5.88 Å². The van der Waals surface area contributed by atoms with Crippen LogP contribution < -0.4 is 10.1 Å². The fraction of sp³-hybridized carbons (Fsp3) is 0.444. The molecule has 2 aromatic heterocycles. The van der Waals surface area contributed by atoms with E-state index in [0.29, 0.717) is 25.4 Å². The van der Waals surface area contributed by atoms with E-state index in [4.69, 9.17) is 13.9 Å². The largest absolute Gasteiger partial charge is 0.474 e. The molecule has 152 valence electrons. The summed E-state index contributed by atoms with van der Waals surface area (Å²) in [4.78, 5) is 16.6. The fourth-order valence-electron chi connectivity index (χ4n) is 2.82. The number of aromatic nitrogens is 1. The van der Waals surface area contributed by atoms with Gasteiger partial charge in [0.15, 0.2) is 5.76 Å². The number of nitrogens with zero attached hydrogens (tertiary/aromatic N) is 2. The van der Waals surface area contributed by atoms with E-state index >= 15 is 0 Å². The first-order valence-corrected chi connectivity index (χ1v) is 10.4. The van der Waals surface area contributed by atoms with E-state index in [-0.39, 0.29) is 23.3 Å². The Hall–Kier alpha value is -2.43. The predicted octanol–water partition coefficient (Wildman–Crippen LogP) is 2.13. The monoisotopic (exact) mass is 409 g/mol. The third-order valence-electron chi connectivity index (χ3n) is 4.26. The molecular weight excluding hydrogens is 386 g/mol. The predicted molar refractivity (Wildman–Crippen MR) is 101 cm³/mol. The van der Waals surface area contributed by atoms with Gasteiger partial charge in [0.05, 0.1) is 6.61 Å². The number of furan rings is 1. The number of methoxy groups -OCH3 is 1. The van der Waals surface area contributed by atoms with Crippen LogP contribution in [0.2, 0.25) is 0 Å². The zero-order valence-corrected chi connectivity index (χ0v) is 16.4. The zero-order valence-electron chi connectivity index (χ0n) is 15.6. The van der Waals surface area contributed by atoms with Crippen LogP contribution >= 0.6 is 0 Å². The number of nitrogens with one attached hydrogen (secondary N) is 1. The number of rotatable bonds is 8. The maximum absolute atomic E-state index is 12.6. The summed E-state index contributed by atoms with van der Waals surface area (Å²) in [5.41, 5.74) is 0.348. The summed E-state index contributed by atoms with van der Waals surface area (Å²) < 4.78 is 42.4. The van der Waals surface area contributed by atoms with Gasteiger partial charge in [-0.25, -0.2) is 13.4 Å². The lowest BCUT2D eigenvalue weighted by Crippen LogP contribution is -2.35. The van der Waals surface area contributed by atoms with Crippen LogP contribution in [0.4, 0.5) is 5.69 Å². The van der Waals surface area contributed by atoms with Gasteiger partial charge in [-0.1, -0.05) is 6.42 Å². The summed E-state index contributed by atoms with van der Waals surface area (Å²) in [5, 5.41) is 2.39. The fourth-order valence-corrected chi connectivity index (χ4v) is 4.25. The van der Waals surface area contributed by atoms with Gasteiger partial charge >= 0.3 is 0 Å². The van der Waals surface area contributed by atoms with Crippen molar-refractivity contribution in [3.05, 3.63) is 36.2 Å². The van der Waals surface area contributed by atoms with Crippen LogP contribution in [-0.4, -0.2) is 57.0 Å². The number of anilines is 1. The molecule has 1 saturated heterocycles. The second-order valence-electron chi connectivity index (χ2n) is 6.23. The lowest BCUT2D eigenvalue weighted by atomic mass is 10.2. The standard InChI is InChI=1S/C18H23N3O6S/c1-25-12-13-26-18-14(6-5-9-19-18)20-17(22)15-7-8-16(27-15)28(23,24)21-10-3-2-4-11-21/h5-9H,2-4,10-13H2,1H3,(H,20,22). The molecule has 0 radical (unpaired) electrons. The van der Waals surface area contributed by atoms with Crippen molar-refractivity contribution in [1.82, 2.24) is 9.29 Å². The molecule has 1 fully saturated rings. The molecule has 3 rings (SSSR count). The Bertz CT molecular complexity index is 906. The molecule has 0 bridgehead atoms. The first kappa shape index (κ1) is 20.3. The molecule has 1 aliphatic heterocycles. The minimum absolute atomic E-state index is 0.109. The van der Waals surface area contributed by atoms with E-state index in [9.17, 15) is 13.2 Å².